The lowest BCUT2D eigenvalue weighted by Gasteiger charge is -1.98. The summed E-state index contributed by atoms with van der Waals surface area (Å²) in [5.74, 6) is 0. The van der Waals surface area contributed by atoms with E-state index in [1.54, 1.807) is 0 Å². The molecule has 0 bridgehead atoms. The Hall–Kier alpha value is 0.240. The van der Waals surface area contributed by atoms with Gasteiger partial charge in [0.1, 0.15) is 0 Å². The first-order valence-electron chi connectivity index (χ1n) is 3.49. The molecule has 0 nitrogen and oxygen atoms in total. The van der Waals surface area contributed by atoms with Gasteiger partial charge in [-0.3, -0.25) is 0 Å². The summed E-state index contributed by atoms with van der Waals surface area (Å²) in [7, 11) is 5.90. The number of benzene rings is 1. The van der Waals surface area contributed by atoms with Crippen molar-refractivity contribution in [2.24, 2.45) is 0 Å². The lowest BCUT2D eigenvalue weighted by molar-refractivity contribution is -0.471. The molecule has 1 rings (SSSR count). The van der Waals surface area contributed by atoms with Gasteiger partial charge in [0.05, 0.1) is 0 Å². The van der Waals surface area contributed by atoms with Crippen LogP contribution in [0.15, 0.2) is 12.1 Å². The zero-order chi connectivity index (χ0) is 8.43. The lowest BCUT2D eigenvalue weighted by Crippen LogP contribution is -3.55. The molecule has 0 aliphatic carbocycles. The molecule has 0 atom stereocenters. The maximum atomic E-state index is 5.90. The molecular formula is C9H11ClI+. The highest BCUT2D eigenvalue weighted by Crippen LogP contribution is 2.07. The van der Waals surface area contributed by atoms with E-state index in [4.69, 9.17) is 8.91 Å². The van der Waals surface area contributed by atoms with Crippen LogP contribution in [0.5, 0.6) is 0 Å². The Morgan fingerprint density at radius 2 is 1.55 bits per heavy atom. The van der Waals surface area contributed by atoms with Gasteiger partial charge in [-0.15, -0.1) is 0 Å². The highest BCUT2D eigenvalue weighted by atomic mass is 127. The van der Waals surface area contributed by atoms with E-state index in [1.807, 2.05) is 0 Å². The van der Waals surface area contributed by atoms with Gasteiger partial charge in [0.25, 0.3) is 0 Å². The Morgan fingerprint density at radius 1 is 1.09 bits per heavy atom. The SMILES string of the molecule is Cc1cc(C)c([I+]Cl)c(C)c1. The third kappa shape index (κ3) is 2.09. The van der Waals surface area contributed by atoms with Crippen LogP contribution in [0, 0.1) is 24.3 Å². The van der Waals surface area contributed by atoms with Gasteiger partial charge in [-0.05, 0) is 20.8 Å². The summed E-state index contributed by atoms with van der Waals surface area (Å²) in [6, 6.07) is 4.40. The molecule has 2 heteroatoms. The second kappa shape index (κ2) is 3.76. The second-order valence-electron chi connectivity index (χ2n) is 2.78. The van der Waals surface area contributed by atoms with Crippen LogP contribution in [-0.2, 0) is 0 Å². The minimum absolute atomic E-state index is 0.275. The fourth-order valence-electron chi connectivity index (χ4n) is 1.28. The average Bonchev–Trinajstić information content (AvgIpc) is 1.85. The van der Waals surface area contributed by atoms with Crippen molar-refractivity contribution in [1.29, 1.82) is 0 Å². The molecule has 1 aromatic rings. The number of hydrogen-bond donors (Lipinski definition) is 0. The predicted octanol–water partition coefficient (Wildman–Crippen LogP) is 0.0243. The van der Waals surface area contributed by atoms with Gasteiger partial charge in [-0.1, -0.05) is 17.7 Å². The number of rotatable bonds is 1. The van der Waals surface area contributed by atoms with E-state index in [0.29, 0.717) is 0 Å². The standard InChI is InChI=1S/C9H11ClI/c1-6-4-7(2)9(11-10)8(3)5-6/h4-5H,1-3H3/q+1. The third-order valence-electron chi connectivity index (χ3n) is 1.65. The fourth-order valence-corrected chi connectivity index (χ4v) is 3.74. The first kappa shape index (κ1) is 9.33. The molecule has 0 aromatic heterocycles. The van der Waals surface area contributed by atoms with Crippen molar-refractivity contribution in [2.45, 2.75) is 20.8 Å². The molecule has 0 radical (unpaired) electrons. The van der Waals surface area contributed by atoms with Gasteiger partial charge in [-0.2, -0.15) is 0 Å². The smallest absolute Gasteiger partial charge is 0.0518 e. The lowest BCUT2D eigenvalue weighted by atomic mass is 10.1. The van der Waals surface area contributed by atoms with Crippen LogP contribution < -0.4 is 20.1 Å². The Balaban J connectivity index is 3.25. The summed E-state index contributed by atoms with van der Waals surface area (Å²) in [5, 5.41) is 0. The van der Waals surface area contributed by atoms with Crippen molar-refractivity contribution >= 4 is 8.91 Å². The van der Waals surface area contributed by atoms with Gasteiger partial charge in [0, 0.05) is 11.1 Å². The summed E-state index contributed by atoms with van der Waals surface area (Å²) in [5.41, 5.74) is 4.04. The molecule has 0 heterocycles. The van der Waals surface area contributed by atoms with Crippen LogP contribution in [0.3, 0.4) is 0 Å². The Kier molecular flexibility index (Phi) is 3.19. The van der Waals surface area contributed by atoms with E-state index in [1.165, 1.54) is 20.3 Å². The van der Waals surface area contributed by atoms with Crippen LogP contribution in [-0.4, -0.2) is 0 Å². The van der Waals surface area contributed by atoms with Crippen LogP contribution in [0.1, 0.15) is 16.7 Å². The highest BCUT2D eigenvalue weighted by Gasteiger charge is 2.16. The molecule has 11 heavy (non-hydrogen) atoms. The topological polar surface area (TPSA) is 0 Å². The van der Waals surface area contributed by atoms with E-state index in [0.717, 1.165) is 0 Å². The highest BCUT2D eigenvalue weighted by molar-refractivity contribution is 6.03. The average molecular weight is 282 g/mol. The molecule has 0 amide bonds. The minimum Gasteiger partial charge on any atom is -0.0518 e. The monoisotopic (exact) mass is 281 g/mol. The minimum atomic E-state index is -0.275. The summed E-state index contributed by atoms with van der Waals surface area (Å²) in [4.78, 5) is 0. The van der Waals surface area contributed by atoms with Crippen LogP contribution >= 0.6 is 8.91 Å². The summed E-state index contributed by atoms with van der Waals surface area (Å²) in [6.07, 6.45) is 0. The maximum Gasteiger partial charge on any atom is 0.452 e. The zero-order valence-electron chi connectivity index (χ0n) is 6.91. The van der Waals surface area contributed by atoms with Crippen LogP contribution in [0.4, 0.5) is 0 Å². The number of hydrogen-bond acceptors (Lipinski definition) is 0. The quantitative estimate of drug-likeness (QED) is 0.637. The van der Waals surface area contributed by atoms with Gasteiger partial charge in [0.2, 0.25) is 12.5 Å². The van der Waals surface area contributed by atoms with Crippen molar-refractivity contribution in [1.82, 2.24) is 0 Å². The largest absolute Gasteiger partial charge is 0.452 e. The first-order valence-corrected chi connectivity index (χ1v) is 7.30. The molecule has 0 spiro atoms. The van der Waals surface area contributed by atoms with Gasteiger partial charge in [-0.25, -0.2) is 0 Å². The predicted molar refractivity (Wildman–Crippen MR) is 45.2 cm³/mol. The molecule has 0 saturated carbocycles. The van der Waals surface area contributed by atoms with Crippen LogP contribution in [0.25, 0.3) is 0 Å². The fraction of sp³-hybridized carbons (Fsp3) is 0.333. The molecular weight excluding hydrogens is 270 g/mol. The Bertz CT molecular complexity index is 245. The van der Waals surface area contributed by atoms with Gasteiger partial charge < -0.3 is 0 Å². The molecule has 0 aliphatic rings. The number of aryl methyl sites for hydroxylation is 3. The molecule has 0 aliphatic heterocycles. The van der Waals surface area contributed by atoms with Crippen molar-refractivity contribution in [3.05, 3.63) is 32.4 Å². The van der Waals surface area contributed by atoms with E-state index >= 15 is 0 Å². The maximum absolute atomic E-state index is 5.90. The summed E-state index contributed by atoms with van der Waals surface area (Å²) < 4.78 is 1.39. The number of halogens is 2. The van der Waals surface area contributed by atoms with Crippen molar-refractivity contribution in [3.63, 3.8) is 0 Å². The normalized spacial score (nSPS) is 10.2. The second-order valence-corrected chi connectivity index (χ2v) is 5.23. The third-order valence-corrected chi connectivity index (χ3v) is 4.72. The Morgan fingerprint density at radius 3 is 1.91 bits per heavy atom. The molecule has 0 saturated heterocycles. The van der Waals surface area contributed by atoms with Crippen LogP contribution in [0.2, 0.25) is 0 Å². The molecule has 1 aromatic carbocycles. The van der Waals surface area contributed by atoms with Crippen molar-refractivity contribution in [2.75, 3.05) is 0 Å². The van der Waals surface area contributed by atoms with E-state index < -0.39 is 0 Å². The zero-order valence-corrected chi connectivity index (χ0v) is 9.82. The van der Waals surface area contributed by atoms with Gasteiger partial charge >= 0.3 is 20.1 Å². The first-order chi connectivity index (χ1) is 5.15. The van der Waals surface area contributed by atoms with E-state index in [9.17, 15) is 0 Å². The van der Waals surface area contributed by atoms with E-state index in [2.05, 4.69) is 32.9 Å². The molecule has 0 N–H and O–H groups in total. The van der Waals surface area contributed by atoms with E-state index in [-0.39, 0.29) is 20.1 Å². The Labute approximate surface area is 81.9 Å². The summed E-state index contributed by atoms with van der Waals surface area (Å²) >= 11 is -0.275. The molecule has 0 unspecified atom stereocenters. The van der Waals surface area contributed by atoms with Crippen molar-refractivity contribution < 1.29 is 20.1 Å². The van der Waals surface area contributed by atoms with Crippen molar-refractivity contribution in [3.8, 4) is 0 Å². The van der Waals surface area contributed by atoms with Gasteiger partial charge in [0.15, 0.2) is 0 Å². The molecule has 0 fully saturated rings. The summed E-state index contributed by atoms with van der Waals surface area (Å²) in [6.45, 7) is 6.39. The molecule has 60 valence electrons.